The molecule has 0 radical (unpaired) electrons. The van der Waals surface area contributed by atoms with Crippen molar-refractivity contribution < 1.29 is 5.11 Å². The normalized spacial score (nSPS) is 20.8. The molecule has 1 aromatic carbocycles. The monoisotopic (exact) mass is 265 g/mol. The minimum atomic E-state index is -0.261. The van der Waals surface area contributed by atoms with Crippen molar-refractivity contribution in [1.82, 2.24) is 5.32 Å². The van der Waals surface area contributed by atoms with Crippen LogP contribution < -0.4 is 5.32 Å². The molecule has 2 atom stereocenters. The molecule has 3 heteroatoms. The van der Waals surface area contributed by atoms with Crippen molar-refractivity contribution in [2.45, 2.75) is 44.2 Å². The summed E-state index contributed by atoms with van der Waals surface area (Å²) in [6.45, 7) is 7.17. The second kappa shape index (κ2) is 5.64. The van der Waals surface area contributed by atoms with Gasteiger partial charge < -0.3 is 10.4 Å². The zero-order chi connectivity index (χ0) is 13.2. The van der Waals surface area contributed by atoms with E-state index in [0.717, 1.165) is 12.2 Å². The van der Waals surface area contributed by atoms with Gasteiger partial charge in [0.05, 0.1) is 6.10 Å². The van der Waals surface area contributed by atoms with Crippen LogP contribution >= 0.6 is 11.8 Å². The fourth-order valence-electron chi connectivity index (χ4n) is 2.39. The van der Waals surface area contributed by atoms with Gasteiger partial charge in [0, 0.05) is 23.2 Å². The average Bonchev–Trinajstić information content (AvgIpc) is 2.67. The van der Waals surface area contributed by atoms with Crippen molar-refractivity contribution in [3.8, 4) is 0 Å². The minimum absolute atomic E-state index is 0.184. The van der Waals surface area contributed by atoms with E-state index >= 15 is 0 Å². The molecule has 2 rings (SSSR count). The third kappa shape index (κ3) is 3.74. The smallest absolute Gasteiger partial charge is 0.0669 e. The predicted octanol–water partition coefficient (Wildman–Crippen LogP) is 3.22. The Morgan fingerprint density at radius 3 is 2.83 bits per heavy atom. The second-order valence-corrected chi connectivity index (χ2v) is 7.29. The van der Waals surface area contributed by atoms with Crippen LogP contribution in [0.1, 0.15) is 38.8 Å². The van der Waals surface area contributed by atoms with E-state index < -0.39 is 0 Å². The lowest BCUT2D eigenvalue weighted by Gasteiger charge is -2.24. The molecule has 2 N–H and O–H groups in total. The standard InChI is InChI=1S/C15H23NOS/c1-15(2,3)8-11(17)9-16-13-10-18-14-7-5-4-6-12(13)14/h4-7,11,13,16-17H,8-10H2,1-3H3. The molecule has 0 spiro atoms. The van der Waals surface area contributed by atoms with Gasteiger partial charge in [0.25, 0.3) is 0 Å². The first-order valence-corrected chi connectivity index (χ1v) is 7.57. The molecule has 0 aromatic heterocycles. The third-order valence-corrected chi connectivity index (χ3v) is 4.33. The quantitative estimate of drug-likeness (QED) is 0.876. The van der Waals surface area contributed by atoms with Crippen LogP contribution in [0, 0.1) is 5.41 Å². The highest BCUT2D eigenvalue weighted by Crippen LogP contribution is 2.37. The summed E-state index contributed by atoms with van der Waals surface area (Å²) >= 11 is 1.90. The summed E-state index contributed by atoms with van der Waals surface area (Å²) in [6, 6.07) is 8.92. The molecule has 2 nitrogen and oxygen atoms in total. The van der Waals surface area contributed by atoms with Crippen LogP contribution in [0.15, 0.2) is 29.2 Å². The van der Waals surface area contributed by atoms with E-state index in [1.165, 1.54) is 10.5 Å². The maximum absolute atomic E-state index is 10.0. The molecule has 2 unspecified atom stereocenters. The Hall–Kier alpha value is -0.510. The number of aliphatic hydroxyl groups is 1. The van der Waals surface area contributed by atoms with Gasteiger partial charge in [-0.3, -0.25) is 0 Å². The van der Waals surface area contributed by atoms with Crippen LogP contribution in [0.3, 0.4) is 0 Å². The van der Waals surface area contributed by atoms with E-state index in [9.17, 15) is 5.11 Å². The first kappa shape index (κ1) is 13.9. The molecule has 1 aliphatic heterocycles. The SMILES string of the molecule is CC(C)(C)CC(O)CNC1CSc2ccccc21. The van der Waals surface area contributed by atoms with Crippen LogP contribution in [0.5, 0.6) is 0 Å². The number of hydrogen-bond donors (Lipinski definition) is 2. The maximum atomic E-state index is 10.0. The zero-order valence-corrected chi connectivity index (χ0v) is 12.3. The Labute approximate surface area is 114 Å². The van der Waals surface area contributed by atoms with Gasteiger partial charge in [0.15, 0.2) is 0 Å². The fourth-order valence-corrected chi connectivity index (χ4v) is 3.58. The summed E-state index contributed by atoms with van der Waals surface area (Å²) in [5.74, 6) is 1.07. The van der Waals surface area contributed by atoms with E-state index in [1.54, 1.807) is 0 Å². The van der Waals surface area contributed by atoms with Crippen molar-refractivity contribution in [1.29, 1.82) is 0 Å². The number of hydrogen-bond acceptors (Lipinski definition) is 3. The number of rotatable bonds is 4. The Morgan fingerprint density at radius 1 is 1.39 bits per heavy atom. The molecule has 1 aromatic rings. The zero-order valence-electron chi connectivity index (χ0n) is 11.4. The van der Waals surface area contributed by atoms with Gasteiger partial charge in [-0.05, 0) is 23.5 Å². The Kier molecular flexibility index (Phi) is 4.36. The summed E-state index contributed by atoms with van der Waals surface area (Å²) < 4.78 is 0. The number of fused-ring (bicyclic) bond motifs is 1. The predicted molar refractivity (Wildman–Crippen MR) is 78.0 cm³/mol. The molecular formula is C15H23NOS. The van der Waals surface area contributed by atoms with Gasteiger partial charge >= 0.3 is 0 Å². The number of nitrogens with one attached hydrogen (secondary N) is 1. The Balaban J connectivity index is 1.85. The number of thioether (sulfide) groups is 1. The molecule has 0 saturated heterocycles. The molecule has 100 valence electrons. The van der Waals surface area contributed by atoms with Gasteiger partial charge in [-0.1, -0.05) is 39.0 Å². The van der Waals surface area contributed by atoms with Gasteiger partial charge in [0.2, 0.25) is 0 Å². The van der Waals surface area contributed by atoms with Crippen LogP contribution in [0.25, 0.3) is 0 Å². The topological polar surface area (TPSA) is 32.3 Å². The summed E-state index contributed by atoms with van der Waals surface area (Å²) in [5.41, 5.74) is 1.56. The molecular weight excluding hydrogens is 242 g/mol. The van der Waals surface area contributed by atoms with Crippen molar-refractivity contribution in [2.24, 2.45) is 5.41 Å². The second-order valence-electron chi connectivity index (χ2n) is 6.23. The van der Waals surface area contributed by atoms with E-state index in [4.69, 9.17) is 0 Å². The summed E-state index contributed by atoms with van der Waals surface area (Å²) in [7, 11) is 0. The number of benzene rings is 1. The van der Waals surface area contributed by atoms with Crippen LogP contribution in [0.4, 0.5) is 0 Å². The summed E-state index contributed by atoms with van der Waals surface area (Å²) in [6.07, 6.45) is 0.573. The van der Waals surface area contributed by atoms with Gasteiger partial charge in [0.1, 0.15) is 0 Å². The van der Waals surface area contributed by atoms with Gasteiger partial charge in [-0.15, -0.1) is 11.8 Å². The molecule has 18 heavy (non-hydrogen) atoms. The molecule has 0 bridgehead atoms. The van der Waals surface area contributed by atoms with Crippen LogP contribution in [0.2, 0.25) is 0 Å². The largest absolute Gasteiger partial charge is 0.392 e. The highest BCUT2D eigenvalue weighted by atomic mass is 32.2. The van der Waals surface area contributed by atoms with Gasteiger partial charge in [-0.2, -0.15) is 0 Å². The van der Waals surface area contributed by atoms with Crippen LogP contribution in [-0.2, 0) is 0 Å². The van der Waals surface area contributed by atoms with E-state index in [0.29, 0.717) is 12.6 Å². The number of aliphatic hydroxyl groups excluding tert-OH is 1. The van der Waals surface area contributed by atoms with E-state index in [-0.39, 0.29) is 11.5 Å². The van der Waals surface area contributed by atoms with Crippen molar-refractivity contribution in [3.05, 3.63) is 29.8 Å². The first-order valence-electron chi connectivity index (χ1n) is 6.59. The van der Waals surface area contributed by atoms with Crippen molar-refractivity contribution in [3.63, 3.8) is 0 Å². The third-order valence-electron chi connectivity index (χ3n) is 3.15. The maximum Gasteiger partial charge on any atom is 0.0669 e. The fraction of sp³-hybridized carbons (Fsp3) is 0.600. The Morgan fingerprint density at radius 2 is 2.11 bits per heavy atom. The average molecular weight is 265 g/mol. The highest BCUT2D eigenvalue weighted by molar-refractivity contribution is 7.99. The van der Waals surface area contributed by atoms with Gasteiger partial charge in [-0.25, -0.2) is 0 Å². The van der Waals surface area contributed by atoms with Crippen LogP contribution in [-0.4, -0.2) is 23.5 Å². The van der Waals surface area contributed by atoms with E-state index in [1.807, 2.05) is 11.8 Å². The molecule has 0 fully saturated rings. The molecule has 1 heterocycles. The molecule has 0 saturated carbocycles. The Bertz CT molecular complexity index is 400. The van der Waals surface area contributed by atoms with Crippen molar-refractivity contribution in [2.75, 3.05) is 12.3 Å². The minimum Gasteiger partial charge on any atom is -0.392 e. The van der Waals surface area contributed by atoms with E-state index in [2.05, 4.69) is 50.4 Å². The highest BCUT2D eigenvalue weighted by Gasteiger charge is 2.23. The lowest BCUT2D eigenvalue weighted by atomic mass is 9.89. The summed E-state index contributed by atoms with van der Waals surface area (Å²) in [4.78, 5) is 1.38. The first-order chi connectivity index (χ1) is 8.46. The molecule has 1 aliphatic rings. The lowest BCUT2D eigenvalue weighted by molar-refractivity contribution is 0.117. The van der Waals surface area contributed by atoms with Crippen molar-refractivity contribution >= 4 is 11.8 Å². The molecule has 0 aliphatic carbocycles. The lowest BCUT2D eigenvalue weighted by Crippen LogP contribution is -2.32. The summed E-state index contributed by atoms with van der Waals surface area (Å²) in [5, 5.41) is 13.5. The molecule has 0 amide bonds.